The highest BCUT2D eigenvalue weighted by atomic mass is 32.1. The van der Waals surface area contributed by atoms with Crippen LogP contribution in [0.25, 0.3) is 0 Å². The minimum absolute atomic E-state index is 0.160. The van der Waals surface area contributed by atoms with Crippen LogP contribution in [0, 0.1) is 6.92 Å². The van der Waals surface area contributed by atoms with Crippen molar-refractivity contribution in [1.82, 2.24) is 0 Å². The van der Waals surface area contributed by atoms with Crippen molar-refractivity contribution >= 4 is 11.3 Å². The van der Waals surface area contributed by atoms with Crippen LogP contribution in [0.2, 0.25) is 0 Å². The zero-order chi connectivity index (χ0) is 8.27. The Labute approximate surface area is 71.7 Å². The molecule has 1 atom stereocenters. The Balaban J connectivity index is 2.56. The molecule has 1 heterocycles. The van der Waals surface area contributed by atoms with E-state index in [0.717, 1.165) is 12.8 Å². The highest BCUT2D eigenvalue weighted by molar-refractivity contribution is 7.10. The Morgan fingerprint density at radius 2 is 2.36 bits per heavy atom. The molecule has 0 aliphatic carbocycles. The fourth-order valence-corrected chi connectivity index (χ4v) is 1.95. The van der Waals surface area contributed by atoms with Gasteiger partial charge in [0.2, 0.25) is 0 Å². The summed E-state index contributed by atoms with van der Waals surface area (Å²) in [6.45, 7) is 4.10. The molecule has 0 radical (unpaired) electrons. The zero-order valence-corrected chi connectivity index (χ0v) is 7.82. The molecule has 0 fully saturated rings. The van der Waals surface area contributed by atoms with Gasteiger partial charge in [0.1, 0.15) is 0 Å². The van der Waals surface area contributed by atoms with Gasteiger partial charge in [0, 0.05) is 11.3 Å². The first kappa shape index (κ1) is 8.75. The molecule has 2 heteroatoms. The van der Waals surface area contributed by atoms with Gasteiger partial charge in [0.25, 0.3) is 0 Å². The van der Waals surface area contributed by atoms with Crippen molar-refractivity contribution in [2.45, 2.75) is 32.8 Å². The second-order valence-electron chi connectivity index (χ2n) is 2.79. The van der Waals surface area contributed by atoms with E-state index in [2.05, 4.69) is 18.4 Å². The van der Waals surface area contributed by atoms with E-state index in [1.807, 2.05) is 6.92 Å². The normalized spacial score (nSPS) is 13.4. The van der Waals surface area contributed by atoms with Crippen LogP contribution in [-0.4, -0.2) is 11.2 Å². The molecule has 0 saturated carbocycles. The minimum atomic E-state index is -0.160. The van der Waals surface area contributed by atoms with Crippen molar-refractivity contribution in [3.8, 4) is 0 Å². The van der Waals surface area contributed by atoms with Crippen LogP contribution < -0.4 is 0 Å². The van der Waals surface area contributed by atoms with Crippen molar-refractivity contribution < 1.29 is 5.11 Å². The number of aryl methyl sites for hydroxylation is 1. The molecule has 1 N–H and O–H groups in total. The van der Waals surface area contributed by atoms with E-state index >= 15 is 0 Å². The van der Waals surface area contributed by atoms with E-state index in [1.165, 1.54) is 10.4 Å². The molecule has 0 aromatic carbocycles. The molecule has 0 aliphatic rings. The first-order valence-corrected chi connectivity index (χ1v) is 4.83. The standard InChI is InChI=1S/C9H14OS/c1-3-8(10)6-9-7(2)4-5-11-9/h4-5,8,10H,3,6H2,1-2H3. The van der Waals surface area contributed by atoms with Crippen molar-refractivity contribution in [2.75, 3.05) is 0 Å². The molecule has 1 aromatic heterocycles. The van der Waals surface area contributed by atoms with Gasteiger partial charge in [-0.05, 0) is 30.4 Å². The van der Waals surface area contributed by atoms with Gasteiger partial charge in [-0.2, -0.15) is 0 Å². The van der Waals surface area contributed by atoms with Crippen LogP contribution in [0.1, 0.15) is 23.8 Å². The van der Waals surface area contributed by atoms with E-state index in [9.17, 15) is 5.11 Å². The lowest BCUT2D eigenvalue weighted by Crippen LogP contribution is -2.07. The van der Waals surface area contributed by atoms with Gasteiger partial charge in [-0.3, -0.25) is 0 Å². The van der Waals surface area contributed by atoms with Crippen LogP contribution in [0.4, 0.5) is 0 Å². The van der Waals surface area contributed by atoms with Gasteiger partial charge in [0.05, 0.1) is 6.10 Å². The first-order chi connectivity index (χ1) is 5.24. The van der Waals surface area contributed by atoms with Gasteiger partial charge >= 0.3 is 0 Å². The fraction of sp³-hybridized carbons (Fsp3) is 0.556. The van der Waals surface area contributed by atoms with Crippen LogP contribution in [-0.2, 0) is 6.42 Å². The third-order valence-electron chi connectivity index (χ3n) is 1.86. The fourth-order valence-electron chi connectivity index (χ4n) is 0.972. The average molecular weight is 170 g/mol. The molecule has 0 bridgehead atoms. The van der Waals surface area contributed by atoms with E-state index in [1.54, 1.807) is 11.3 Å². The Morgan fingerprint density at radius 1 is 1.64 bits per heavy atom. The Hall–Kier alpha value is -0.340. The monoisotopic (exact) mass is 170 g/mol. The lowest BCUT2D eigenvalue weighted by Gasteiger charge is -2.05. The summed E-state index contributed by atoms with van der Waals surface area (Å²) in [7, 11) is 0. The summed E-state index contributed by atoms with van der Waals surface area (Å²) < 4.78 is 0. The van der Waals surface area contributed by atoms with Crippen molar-refractivity contribution in [2.24, 2.45) is 0 Å². The second-order valence-corrected chi connectivity index (χ2v) is 3.79. The molecule has 62 valence electrons. The summed E-state index contributed by atoms with van der Waals surface area (Å²) in [5, 5.41) is 11.4. The van der Waals surface area contributed by atoms with Gasteiger partial charge in [-0.25, -0.2) is 0 Å². The van der Waals surface area contributed by atoms with E-state index < -0.39 is 0 Å². The minimum Gasteiger partial charge on any atom is -0.393 e. The molecule has 0 spiro atoms. The lowest BCUT2D eigenvalue weighted by molar-refractivity contribution is 0.171. The number of thiophene rings is 1. The van der Waals surface area contributed by atoms with Crippen molar-refractivity contribution in [1.29, 1.82) is 0 Å². The van der Waals surface area contributed by atoms with Gasteiger partial charge < -0.3 is 5.11 Å². The van der Waals surface area contributed by atoms with Crippen LogP contribution in [0.15, 0.2) is 11.4 Å². The molecular weight excluding hydrogens is 156 g/mol. The molecule has 0 aliphatic heterocycles. The Morgan fingerprint density at radius 3 is 2.82 bits per heavy atom. The average Bonchev–Trinajstić information content (AvgIpc) is 2.37. The van der Waals surface area contributed by atoms with E-state index in [4.69, 9.17) is 0 Å². The summed E-state index contributed by atoms with van der Waals surface area (Å²) in [5.74, 6) is 0. The van der Waals surface area contributed by atoms with Crippen LogP contribution in [0.5, 0.6) is 0 Å². The van der Waals surface area contributed by atoms with Gasteiger partial charge in [-0.15, -0.1) is 11.3 Å². The molecule has 1 rings (SSSR count). The zero-order valence-electron chi connectivity index (χ0n) is 7.00. The molecule has 1 nitrogen and oxygen atoms in total. The number of hydrogen-bond donors (Lipinski definition) is 1. The highest BCUT2D eigenvalue weighted by Crippen LogP contribution is 2.17. The third kappa shape index (κ3) is 2.31. The largest absolute Gasteiger partial charge is 0.393 e. The van der Waals surface area contributed by atoms with E-state index in [-0.39, 0.29) is 6.10 Å². The molecule has 0 amide bonds. The maximum Gasteiger partial charge on any atom is 0.0585 e. The van der Waals surface area contributed by atoms with Crippen LogP contribution in [0.3, 0.4) is 0 Å². The topological polar surface area (TPSA) is 20.2 Å². The van der Waals surface area contributed by atoms with Gasteiger partial charge in [0.15, 0.2) is 0 Å². The van der Waals surface area contributed by atoms with Crippen LogP contribution >= 0.6 is 11.3 Å². The molecule has 1 aromatic rings. The molecule has 1 unspecified atom stereocenters. The quantitative estimate of drug-likeness (QED) is 0.738. The summed E-state index contributed by atoms with van der Waals surface area (Å²) in [5.41, 5.74) is 1.31. The SMILES string of the molecule is CCC(O)Cc1sccc1C. The lowest BCUT2D eigenvalue weighted by atomic mass is 10.1. The predicted octanol–water partition coefficient (Wildman–Crippen LogP) is 2.37. The summed E-state index contributed by atoms with van der Waals surface area (Å²) >= 11 is 1.73. The Bertz CT molecular complexity index is 217. The smallest absolute Gasteiger partial charge is 0.0585 e. The number of aliphatic hydroxyl groups excluding tert-OH is 1. The first-order valence-electron chi connectivity index (χ1n) is 3.95. The second kappa shape index (κ2) is 3.88. The van der Waals surface area contributed by atoms with Crippen molar-refractivity contribution in [3.63, 3.8) is 0 Å². The summed E-state index contributed by atoms with van der Waals surface area (Å²) in [6.07, 6.45) is 1.50. The molecule has 0 saturated heterocycles. The number of rotatable bonds is 3. The summed E-state index contributed by atoms with van der Waals surface area (Å²) in [4.78, 5) is 1.32. The highest BCUT2D eigenvalue weighted by Gasteiger charge is 2.05. The predicted molar refractivity (Wildman–Crippen MR) is 49.1 cm³/mol. The molecule has 11 heavy (non-hydrogen) atoms. The van der Waals surface area contributed by atoms with E-state index in [0.29, 0.717) is 0 Å². The maximum atomic E-state index is 9.36. The third-order valence-corrected chi connectivity index (χ3v) is 2.91. The number of hydrogen-bond acceptors (Lipinski definition) is 2. The molecular formula is C9H14OS. The number of aliphatic hydroxyl groups is 1. The van der Waals surface area contributed by atoms with Crippen molar-refractivity contribution in [3.05, 3.63) is 21.9 Å². The summed E-state index contributed by atoms with van der Waals surface area (Å²) in [6, 6.07) is 2.10. The maximum absolute atomic E-state index is 9.36. The Kier molecular flexibility index (Phi) is 3.09. The van der Waals surface area contributed by atoms with Gasteiger partial charge in [-0.1, -0.05) is 6.92 Å².